The number of fused-ring (bicyclic) bond motifs is 8. The van der Waals surface area contributed by atoms with Crippen LogP contribution in [0.3, 0.4) is 0 Å². The van der Waals surface area contributed by atoms with Crippen LogP contribution in [-0.4, -0.2) is 210 Å². The Morgan fingerprint density at radius 1 is 0.155 bits per heavy atom. The van der Waals surface area contributed by atoms with Crippen LogP contribution in [-0.2, 0) is 91.5 Å². The lowest BCUT2D eigenvalue weighted by Crippen LogP contribution is -2.38. The van der Waals surface area contributed by atoms with Gasteiger partial charge in [0, 0.05) is 193 Å². The fourth-order valence-corrected chi connectivity index (χ4v) is 26.9. The summed E-state index contributed by atoms with van der Waals surface area (Å²) in [6.07, 6.45) is -0.405. The first-order chi connectivity index (χ1) is 71.9. The predicted molar refractivity (Wildman–Crippen MR) is 527 cm³/mol. The molecule has 0 saturated heterocycles. The third-order valence-corrected chi connectivity index (χ3v) is 36.0. The molecule has 12 aromatic rings. The molecule has 40 heteroatoms. The molecule has 16 aliphatic heterocycles. The van der Waals surface area contributed by atoms with Crippen molar-refractivity contribution >= 4 is 40.1 Å². The van der Waals surface area contributed by atoms with Gasteiger partial charge in [0.05, 0.1) is 19.6 Å². The fraction of sp³-hybridized carbons (Fsp3) is 0.333. The van der Waals surface area contributed by atoms with E-state index in [0.29, 0.717) is 89.0 Å². The highest BCUT2D eigenvalue weighted by Crippen LogP contribution is 2.60. The molecule has 0 radical (unpaired) electrons. The fourth-order valence-electron chi connectivity index (χ4n) is 21.2. The van der Waals surface area contributed by atoms with Gasteiger partial charge < -0.3 is 114 Å². The molecule has 0 spiro atoms. The molecule has 16 heterocycles. The lowest BCUT2D eigenvalue weighted by Gasteiger charge is -2.32. The van der Waals surface area contributed by atoms with Crippen molar-refractivity contribution in [3.8, 4) is 138 Å². The Bertz CT molecular complexity index is 6450. The van der Waals surface area contributed by atoms with Crippen LogP contribution in [0.15, 0.2) is 165 Å². The third-order valence-electron chi connectivity index (χ3n) is 28.4. The third kappa shape index (κ3) is 17.1. The van der Waals surface area contributed by atoms with Crippen molar-refractivity contribution in [2.75, 3.05) is 160 Å². The zero-order valence-electron chi connectivity index (χ0n) is 81.0. The summed E-state index contributed by atoms with van der Waals surface area (Å²) < 4.78 is 302. The van der Waals surface area contributed by atoms with Crippen molar-refractivity contribution < 1.29 is 147 Å². The van der Waals surface area contributed by atoms with Gasteiger partial charge in [-0.15, -0.1) is 0 Å². The summed E-state index contributed by atoms with van der Waals surface area (Å²) in [6.45, 7) is -2.86. The molecule has 0 aliphatic carbocycles. The average Bonchev–Trinajstić information content (AvgIpc) is 0.743. The number of aryl methyl sites for hydroxylation is 4. The van der Waals surface area contributed by atoms with Gasteiger partial charge in [-0.05, 0) is 125 Å². The van der Waals surface area contributed by atoms with E-state index >= 15 is 33.7 Å². The highest BCUT2D eigenvalue weighted by Gasteiger charge is 2.43. The van der Waals surface area contributed by atoms with Gasteiger partial charge in [0.15, 0.2) is 92.0 Å². The number of benzene rings is 12. The molecule has 0 fully saturated rings. The normalized spacial score (nSPS) is 17.9. The molecule has 0 N–H and O–H groups in total. The minimum Gasteiger partial charge on any atom is -0.485 e. The van der Waals surface area contributed by atoms with Crippen LogP contribution in [0.2, 0.25) is 0 Å². The molecule has 36 nitrogen and oxygen atoms in total. The Morgan fingerprint density at radius 2 is 0.264 bits per heavy atom. The second kappa shape index (κ2) is 38.0. The van der Waals surface area contributed by atoms with Crippen LogP contribution >= 0.6 is 0 Å². The molecule has 148 heavy (non-hydrogen) atoms. The van der Waals surface area contributed by atoms with E-state index in [9.17, 15) is 0 Å². The highest BCUT2D eigenvalue weighted by atomic mass is 32.2. The molecular weight excluding hydrogens is 1990 g/mol. The second-order valence-corrected chi connectivity index (χ2v) is 45.5. The molecule has 768 valence electrons. The topological polar surface area (TPSA) is 371 Å². The maximum absolute atomic E-state index is 16.0. The van der Waals surface area contributed by atoms with Crippen molar-refractivity contribution in [1.82, 2.24) is 17.2 Å². The highest BCUT2D eigenvalue weighted by molar-refractivity contribution is 7.90. The molecule has 0 amide bonds. The number of ether oxygens (including phenoxy) is 24. The molecule has 0 unspecified atom stereocenters. The lowest BCUT2D eigenvalue weighted by molar-refractivity contribution is 0.0819. The van der Waals surface area contributed by atoms with Crippen LogP contribution in [0.5, 0.6) is 138 Å². The van der Waals surface area contributed by atoms with Crippen molar-refractivity contribution in [2.24, 2.45) is 0 Å². The second-order valence-electron chi connectivity index (χ2n) is 37.8. The van der Waals surface area contributed by atoms with Gasteiger partial charge in [-0.3, -0.25) is 0 Å². The summed E-state index contributed by atoms with van der Waals surface area (Å²) in [7, 11) is -18.0. The summed E-state index contributed by atoms with van der Waals surface area (Å²) >= 11 is 0. The molecule has 0 saturated carbocycles. The van der Waals surface area contributed by atoms with E-state index in [4.69, 9.17) is 114 Å². The number of hydrogen-bond acceptors (Lipinski definition) is 32. The van der Waals surface area contributed by atoms with Crippen LogP contribution in [0.25, 0.3) is 0 Å². The SMILES string of the molecule is Cc1ccc(S(=O)(=O)N2CCOc3c4c5cc6c3OCOc3c(cc7c8c3OCCN(S(=O)(=O)c3ccc(C)cc3)CCOc3c9c%10cc%11c3OCOc3c(cc%12c%13c3OCCN(S(=O)(=O)c3ccc(C)cc3)CCOc3c%14c(cc(c3OCO8)C7)Cc3cc(c(c(c3OCO%14)OCCN(S(=O)(=O)c3ccc(C)cc3)CCOc3c7c(cc(c3OCO%13)C%12)Cc3cc(c(c(c3OCO7)OCC2)OCO9)C%10)OCO4)C5)C%11)C6)cc1. The van der Waals surface area contributed by atoms with Crippen molar-refractivity contribution in [3.63, 3.8) is 0 Å². The van der Waals surface area contributed by atoms with E-state index in [1.807, 2.05) is 76.2 Å². The molecule has 16 aliphatic rings. The van der Waals surface area contributed by atoms with Gasteiger partial charge in [0.25, 0.3) is 0 Å². The number of hydrogen-bond donors (Lipinski definition) is 0. The largest absolute Gasteiger partial charge is 0.485 e. The van der Waals surface area contributed by atoms with Gasteiger partial charge in [-0.2, -0.15) is 17.2 Å². The predicted octanol–water partition coefficient (Wildman–Crippen LogP) is 13.6. The first-order valence-corrected chi connectivity index (χ1v) is 54.6. The summed E-state index contributed by atoms with van der Waals surface area (Å²) in [5.41, 5.74) is 11.2. The van der Waals surface area contributed by atoms with E-state index in [1.54, 1.807) is 97.1 Å². The average molecular weight is 2090 g/mol. The Kier molecular flexibility index (Phi) is 24.3. The lowest BCUT2D eigenvalue weighted by atomic mass is 9.90. The van der Waals surface area contributed by atoms with E-state index in [-0.39, 0.29) is 314 Å². The van der Waals surface area contributed by atoms with Crippen molar-refractivity contribution in [1.29, 1.82) is 0 Å². The van der Waals surface area contributed by atoms with Gasteiger partial charge in [-0.25, -0.2) is 33.7 Å². The van der Waals surface area contributed by atoms with Gasteiger partial charge >= 0.3 is 0 Å². The minimum atomic E-state index is -4.51. The van der Waals surface area contributed by atoms with Gasteiger partial charge in [0.2, 0.25) is 140 Å². The molecule has 0 aromatic heterocycles. The van der Waals surface area contributed by atoms with Crippen LogP contribution in [0.4, 0.5) is 0 Å². The van der Waals surface area contributed by atoms with Crippen molar-refractivity contribution in [3.05, 3.63) is 257 Å². The maximum atomic E-state index is 16.0. The quantitative estimate of drug-likeness (QED) is 0.136. The maximum Gasteiger partial charge on any atom is 0.243 e. The number of nitrogens with zero attached hydrogens (tertiary/aromatic N) is 4. The molecular formula is C108H100N4O32S4. The smallest absolute Gasteiger partial charge is 0.243 e. The first kappa shape index (κ1) is 94.5. The summed E-state index contributed by atoms with van der Waals surface area (Å²) in [6, 6.07) is 41.6. The van der Waals surface area contributed by atoms with E-state index in [2.05, 4.69) is 0 Å². The Balaban J connectivity index is 0.775. The molecule has 40 bridgehead atoms. The zero-order valence-corrected chi connectivity index (χ0v) is 84.2. The monoisotopic (exact) mass is 2090 g/mol. The molecule has 12 aromatic carbocycles. The summed E-state index contributed by atoms with van der Waals surface area (Å²) in [4.78, 5) is -0.104. The Morgan fingerprint density at radius 3 is 0.372 bits per heavy atom. The minimum absolute atomic E-state index is 0.0260. The van der Waals surface area contributed by atoms with Crippen LogP contribution in [0, 0.1) is 27.7 Å². The number of sulfonamides is 4. The summed E-state index contributed by atoms with van der Waals surface area (Å²) in [5, 5.41) is 0. The molecule has 0 atom stereocenters. The number of rotatable bonds is 8. The summed E-state index contributed by atoms with van der Waals surface area (Å²) in [5.74, 6) is 2.36. The van der Waals surface area contributed by atoms with E-state index in [1.165, 1.54) is 17.2 Å². The van der Waals surface area contributed by atoms with E-state index < -0.39 is 94.4 Å². The van der Waals surface area contributed by atoms with E-state index in [0.717, 1.165) is 22.3 Å². The van der Waals surface area contributed by atoms with Crippen molar-refractivity contribution in [2.45, 2.75) is 98.6 Å². The zero-order chi connectivity index (χ0) is 101. The first-order valence-electron chi connectivity index (χ1n) is 48.8. The Labute approximate surface area is 852 Å². The standard InChI is InChI=1S/C108H100N4O32S4/c1-61-5-13-81(14-6-61)145(113,114)109-21-29-121-101-85-65-37-67-47-71-41-75-51-79-43-77-49-73-39-69(45-65)89(133-53-129-85)103-93(73)137-57-141-97(77)107-99(79)143-59-139-95(75)105(91(71)135-55-131-87(67)101)125-33-25-111(147(117,118)83-17-9-63(3)10-18-83)26-34-126-106-92-72-42-76-52-80-44-78-50-74-40-70-46-66-38-68(48-72)88(132-56-136-92)102(122-30-22-109)86(66)130-54-134-90(70)104(124-32-24-110(23-31-123-103)146(115,116)82-15-7-62(2)8-16-82)94(74)138-58-142-98(78)108(100(80)144-60-140-96(76)106)128-36-28-112(27-35-127-107)148(119,120)84-19-11-64(4)12-20-84/h5-20,37-44H,21-36,45-60H2,1-4H3. The van der Waals surface area contributed by atoms with Gasteiger partial charge in [-0.1, -0.05) is 70.8 Å². The van der Waals surface area contributed by atoms with Gasteiger partial charge in [0.1, 0.15) is 52.9 Å². The Hall–Kier alpha value is -14.5. The molecule has 28 rings (SSSR count). The van der Waals surface area contributed by atoms with Crippen LogP contribution < -0.4 is 114 Å². The van der Waals surface area contributed by atoms with Crippen LogP contribution in [0.1, 0.15) is 111 Å².